The average Bonchev–Trinajstić information content (AvgIpc) is 3.86. The Balaban J connectivity index is 1.25. The number of nitrogens with one attached hydrogen (secondary N) is 3. The predicted octanol–water partition coefficient (Wildman–Crippen LogP) is -0.371. The lowest BCUT2D eigenvalue weighted by Crippen LogP contribution is -2.57. The predicted molar refractivity (Wildman–Crippen MR) is 189 cm³/mol. The molecule has 0 radical (unpaired) electrons. The van der Waals surface area contributed by atoms with Gasteiger partial charge in [-0.3, -0.25) is 43.2 Å². The van der Waals surface area contributed by atoms with Crippen LogP contribution in [0.4, 0.5) is 0 Å². The van der Waals surface area contributed by atoms with E-state index in [0.29, 0.717) is 24.0 Å². The number of hydrogen-bond acceptors (Lipinski definition) is 10. The van der Waals surface area contributed by atoms with E-state index in [0.717, 1.165) is 9.80 Å². The maximum absolute atomic E-state index is 13.8. The lowest BCUT2D eigenvalue weighted by Gasteiger charge is -2.31. The number of ketones is 2. The van der Waals surface area contributed by atoms with Crippen LogP contribution in [0.3, 0.4) is 0 Å². The van der Waals surface area contributed by atoms with Crippen molar-refractivity contribution in [1.29, 1.82) is 0 Å². The first-order valence-electron chi connectivity index (χ1n) is 17.7. The normalized spacial score (nSPS) is 18.4. The maximum Gasteiger partial charge on any atom is 0.326 e. The Bertz CT molecular complexity index is 1960. The fraction of sp³-hybridized carbons (Fsp3) is 0.405. The average molecular weight is 761 g/mol. The number of aliphatic carboxylic acids is 2. The highest BCUT2D eigenvalue weighted by molar-refractivity contribution is 6.53. The fourth-order valence-corrected chi connectivity index (χ4v) is 7.10. The summed E-state index contributed by atoms with van der Waals surface area (Å²) in [6.07, 6.45) is -0.278. The molecular formula is C37H40N6O12. The van der Waals surface area contributed by atoms with Crippen LogP contribution in [0.1, 0.15) is 82.4 Å². The molecule has 2 fully saturated rings. The second-order valence-corrected chi connectivity index (χ2v) is 13.5. The number of amides is 6. The molecule has 4 atom stereocenters. The second kappa shape index (κ2) is 17.1. The van der Waals surface area contributed by atoms with Gasteiger partial charge in [0.1, 0.15) is 24.2 Å². The number of primary amides is 1. The molecule has 0 saturated carbocycles. The van der Waals surface area contributed by atoms with Crippen molar-refractivity contribution in [3.8, 4) is 11.1 Å². The number of carbonyl (C=O) groups is 10. The van der Waals surface area contributed by atoms with Crippen LogP contribution in [0, 0.1) is 0 Å². The first-order chi connectivity index (χ1) is 26.2. The van der Waals surface area contributed by atoms with Gasteiger partial charge < -0.3 is 41.7 Å². The van der Waals surface area contributed by atoms with Crippen molar-refractivity contribution in [2.24, 2.45) is 5.73 Å². The summed E-state index contributed by atoms with van der Waals surface area (Å²) in [5.41, 5.74) is 6.50. The summed E-state index contributed by atoms with van der Waals surface area (Å²) < 4.78 is 0. The van der Waals surface area contributed by atoms with E-state index in [-0.39, 0.29) is 61.9 Å². The summed E-state index contributed by atoms with van der Waals surface area (Å²) in [6.45, 7) is -0.457. The van der Waals surface area contributed by atoms with Gasteiger partial charge in [0, 0.05) is 42.6 Å². The van der Waals surface area contributed by atoms with Crippen molar-refractivity contribution < 1.29 is 58.2 Å². The van der Waals surface area contributed by atoms with Crippen molar-refractivity contribution in [3.63, 3.8) is 0 Å². The van der Waals surface area contributed by atoms with Gasteiger partial charge in [-0.05, 0) is 67.9 Å². The largest absolute Gasteiger partial charge is 0.481 e. The van der Waals surface area contributed by atoms with E-state index < -0.39 is 96.1 Å². The molecule has 6 amide bonds. The minimum Gasteiger partial charge on any atom is -0.481 e. The molecular weight excluding hydrogens is 720 g/mol. The van der Waals surface area contributed by atoms with Gasteiger partial charge in [-0.15, -0.1) is 0 Å². The van der Waals surface area contributed by atoms with Gasteiger partial charge in [-0.2, -0.15) is 0 Å². The van der Waals surface area contributed by atoms with Gasteiger partial charge in [0.15, 0.2) is 0 Å². The van der Waals surface area contributed by atoms with E-state index in [2.05, 4.69) is 16.0 Å². The number of nitrogens with zero attached hydrogens (tertiary/aromatic N) is 2. The smallest absolute Gasteiger partial charge is 0.326 e. The van der Waals surface area contributed by atoms with Crippen molar-refractivity contribution >= 4 is 58.9 Å². The van der Waals surface area contributed by atoms with Crippen LogP contribution in [0.15, 0.2) is 42.5 Å². The van der Waals surface area contributed by atoms with E-state index in [1.54, 1.807) is 18.2 Å². The van der Waals surface area contributed by atoms with E-state index >= 15 is 0 Å². The van der Waals surface area contributed by atoms with Gasteiger partial charge in [-0.25, -0.2) is 4.79 Å². The number of likely N-dealkylation sites (tertiary alicyclic amines) is 2. The molecule has 18 nitrogen and oxygen atoms in total. The van der Waals surface area contributed by atoms with Gasteiger partial charge in [0.05, 0.1) is 6.54 Å². The van der Waals surface area contributed by atoms with Gasteiger partial charge in [-0.1, -0.05) is 24.3 Å². The summed E-state index contributed by atoms with van der Waals surface area (Å²) in [7, 11) is 0. The molecule has 2 heterocycles. The minimum absolute atomic E-state index is 0.0514. The molecule has 1 aliphatic carbocycles. The Hall–Kier alpha value is -6.46. The summed E-state index contributed by atoms with van der Waals surface area (Å²) in [5.74, 6) is -8.45. The van der Waals surface area contributed by atoms with Crippen LogP contribution in [-0.2, 0) is 33.6 Å². The first kappa shape index (κ1) is 39.7. The summed E-state index contributed by atoms with van der Waals surface area (Å²) in [5, 5.41) is 26.3. The van der Waals surface area contributed by atoms with Crippen LogP contribution in [0.5, 0.6) is 0 Å². The summed E-state index contributed by atoms with van der Waals surface area (Å²) in [4.78, 5) is 129. The lowest BCUT2D eigenvalue weighted by molar-refractivity contribution is -0.150. The Morgan fingerprint density at radius 2 is 1.29 bits per heavy atom. The molecule has 0 aromatic heterocycles. The zero-order chi connectivity index (χ0) is 40.0. The third-order valence-corrected chi connectivity index (χ3v) is 9.84. The molecule has 0 bridgehead atoms. The second-order valence-electron chi connectivity index (χ2n) is 13.5. The number of carbonyl (C=O) groups excluding carboxylic acids is 8. The molecule has 18 heteroatoms. The quantitative estimate of drug-likeness (QED) is 0.127. The highest BCUT2D eigenvalue weighted by Gasteiger charge is 2.42. The van der Waals surface area contributed by atoms with E-state index in [1.807, 2.05) is 0 Å². The van der Waals surface area contributed by atoms with Gasteiger partial charge in [0.25, 0.3) is 5.91 Å². The SMILES string of the molecule is NC(=O)CCC(NC(=O)C1CCCN1C(=O)C(CCC(=O)O)NC(=O)CNC(=O)c1ccc2c(c1)-c1ccccc1C(=O)C2=O)C(=O)N1CCCC1C(=O)O. The summed E-state index contributed by atoms with van der Waals surface area (Å²) >= 11 is 0. The number of Topliss-reactive ketones (excluding diaryl/α,β-unsaturated/α-hetero) is 2. The molecule has 290 valence electrons. The molecule has 2 saturated heterocycles. The van der Waals surface area contributed by atoms with E-state index in [1.165, 1.54) is 24.3 Å². The number of fused-ring (bicyclic) bond motifs is 3. The maximum atomic E-state index is 13.8. The molecule has 2 aromatic rings. The van der Waals surface area contributed by atoms with Crippen LogP contribution < -0.4 is 21.7 Å². The van der Waals surface area contributed by atoms with E-state index in [9.17, 15) is 58.2 Å². The molecule has 55 heavy (non-hydrogen) atoms. The van der Waals surface area contributed by atoms with Crippen molar-refractivity contribution in [1.82, 2.24) is 25.8 Å². The number of benzene rings is 2. The zero-order valence-electron chi connectivity index (χ0n) is 29.6. The molecule has 5 rings (SSSR count). The Morgan fingerprint density at radius 1 is 0.727 bits per heavy atom. The van der Waals surface area contributed by atoms with Gasteiger partial charge >= 0.3 is 11.9 Å². The lowest BCUT2D eigenvalue weighted by atomic mass is 9.83. The Kier molecular flexibility index (Phi) is 12.4. The molecule has 3 aliphatic rings. The summed E-state index contributed by atoms with van der Waals surface area (Å²) in [6, 6.07) is 5.53. The van der Waals surface area contributed by atoms with Crippen LogP contribution >= 0.6 is 0 Å². The van der Waals surface area contributed by atoms with Crippen molar-refractivity contribution in [3.05, 3.63) is 59.2 Å². The molecule has 2 aliphatic heterocycles. The zero-order valence-corrected chi connectivity index (χ0v) is 29.6. The number of nitrogens with two attached hydrogens (primary N) is 1. The highest BCUT2D eigenvalue weighted by Crippen LogP contribution is 2.34. The van der Waals surface area contributed by atoms with Crippen LogP contribution in [0.25, 0.3) is 11.1 Å². The molecule has 0 spiro atoms. The Morgan fingerprint density at radius 3 is 1.91 bits per heavy atom. The van der Waals surface area contributed by atoms with E-state index in [4.69, 9.17) is 5.73 Å². The Labute approximate surface area is 313 Å². The third-order valence-electron chi connectivity index (χ3n) is 9.84. The number of carboxylic acid groups (broad SMARTS) is 2. The third kappa shape index (κ3) is 9.02. The van der Waals surface area contributed by atoms with Crippen LogP contribution in [-0.4, -0.2) is 123 Å². The fourth-order valence-electron chi connectivity index (χ4n) is 7.10. The number of carboxylic acids is 2. The monoisotopic (exact) mass is 760 g/mol. The van der Waals surface area contributed by atoms with Gasteiger partial charge in [0.2, 0.25) is 41.1 Å². The molecule has 7 N–H and O–H groups in total. The molecule has 2 aromatic carbocycles. The standard InChI is InChI=1S/C37H40N6O12/c38-28(44)13-11-25(36(53)43-16-4-8-27(43)37(54)55)41-34(51)26-7-3-15-42(26)35(52)24(12-14-30(46)47)40-29(45)18-39-33(50)19-9-10-22-23(17-19)20-5-1-2-6-21(20)31(48)32(22)49/h1-2,5-6,9-10,17,24-27H,3-4,7-8,11-16,18H2,(H2,38,44)(H,39,50)(H,40,45)(H,41,51)(H,46,47)(H,54,55). The number of rotatable bonds is 15. The number of hydrogen-bond donors (Lipinski definition) is 6. The van der Waals surface area contributed by atoms with Crippen molar-refractivity contribution in [2.75, 3.05) is 19.6 Å². The highest BCUT2D eigenvalue weighted by atomic mass is 16.4. The minimum atomic E-state index is -1.43. The van der Waals surface area contributed by atoms with Crippen molar-refractivity contribution in [2.45, 2.75) is 75.5 Å². The van der Waals surface area contributed by atoms with Crippen LogP contribution in [0.2, 0.25) is 0 Å². The topological polar surface area (TPSA) is 280 Å². The first-order valence-corrected chi connectivity index (χ1v) is 17.7. The molecule has 4 unspecified atom stereocenters.